The normalized spacial score (nSPS) is 10.0. The topological polar surface area (TPSA) is 76.7 Å². The molecule has 2 aromatic carbocycles. The van der Waals surface area contributed by atoms with Crippen molar-refractivity contribution in [3.05, 3.63) is 52.0 Å². The summed E-state index contributed by atoms with van der Waals surface area (Å²) in [6.45, 7) is 0. The van der Waals surface area contributed by atoms with Gasteiger partial charge in [-0.05, 0) is 46.3 Å². The van der Waals surface area contributed by atoms with Crippen molar-refractivity contribution in [1.29, 1.82) is 0 Å². The minimum atomic E-state index is -0.340. The summed E-state index contributed by atoms with van der Waals surface area (Å²) in [5.41, 5.74) is 1.35. The van der Waals surface area contributed by atoms with Crippen molar-refractivity contribution in [2.24, 2.45) is 0 Å². The lowest BCUT2D eigenvalue weighted by atomic mass is 10.1. The van der Waals surface area contributed by atoms with Gasteiger partial charge >= 0.3 is 0 Å². The molecule has 7 heteroatoms. The Morgan fingerprint density at radius 1 is 0.958 bits per heavy atom. The van der Waals surface area contributed by atoms with E-state index in [2.05, 4.69) is 26.6 Å². The summed E-state index contributed by atoms with van der Waals surface area (Å²) in [7, 11) is 4.57. The minimum absolute atomic E-state index is 0.224. The number of nitrogens with one attached hydrogen (secondary N) is 2. The van der Waals surface area contributed by atoms with Gasteiger partial charge in [-0.1, -0.05) is 6.07 Å². The Bertz CT molecular complexity index is 752. The average molecular weight is 393 g/mol. The molecule has 0 unspecified atom stereocenters. The van der Waals surface area contributed by atoms with E-state index in [1.807, 2.05) is 0 Å². The maximum Gasteiger partial charge on any atom is 0.255 e. The summed E-state index contributed by atoms with van der Waals surface area (Å²) in [6, 6.07) is 9.87. The third kappa shape index (κ3) is 3.86. The van der Waals surface area contributed by atoms with Crippen molar-refractivity contribution < 1.29 is 19.1 Å². The molecule has 24 heavy (non-hydrogen) atoms. The highest BCUT2D eigenvalue weighted by Crippen LogP contribution is 2.35. The molecule has 2 aromatic rings. The molecule has 6 nitrogen and oxygen atoms in total. The first-order valence-corrected chi connectivity index (χ1v) is 7.84. The van der Waals surface area contributed by atoms with Crippen molar-refractivity contribution in [2.75, 3.05) is 26.6 Å². The van der Waals surface area contributed by atoms with Gasteiger partial charge in [0.1, 0.15) is 16.0 Å². The van der Waals surface area contributed by atoms with Crippen LogP contribution in [0.5, 0.6) is 11.5 Å². The molecule has 2 amide bonds. The Morgan fingerprint density at radius 3 is 2.12 bits per heavy atom. The van der Waals surface area contributed by atoms with Crippen LogP contribution in [0.4, 0.5) is 5.69 Å². The number of carbonyl (C=O) groups is 2. The lowest BCUT2D eigenvalue weighted by Crippen LogP contribution is -2.18. The summed E-state index contributed by atoms with van der Waals surface area (Å²) < 4.78 is 11.1. The van der Waals surface area contributed by atoms with Gasteiger partial charge < -0.3 is 20.1 Å². The SMILES string of the molecule is CNC(=O)c1cccc(NC(=O)c2cc(OC)c(Br)c(OC)c2)c1. The number of hydrogen-bond donors (Lipinski definition) is 2. The molecule has 0 aliphatic heterocycles. The van der Waals surface area contributed by atoms with Crippen molar-refractivity contribution in [2.45, 2.75) is 0 Å². The van der Waals surface area contributed by atoms with Gasteiger partial charge in [0.2, 0.25) is 0 Å². The number of ether oxygens (including phenoxy) is 2. The lowest BCUT2D eigenvalue weighted by Gasteiger charge is -2.12. The molecule has 0 saturated carbocycles. The van der Waals surface area contributed by atoms with Crippen molar-refractivity contribution in [3.8, 4) is 11.5 Å². The van der Waals surface area contributed by atoms with Gasteiger partial charge in [0.15, 0.2) is 0 Å². The second kappa shape index (κ2) is 7.83. The van der Waals surface area contributed by atoms with E-state index in [1.54, 1.807) is 43.4 Å². The molecule has 0 atom stereocenters. The zero-order valence-electron chi connectivity index (χ0n) is 13.5. The number of methoxy groups -OCH3 is 2. The van der Waals surface area contributed by atoms with Gasteiger partial charge in [-0.2, -0.15) is 0 Å². The number of rotatable bonds is 5. The molecule has 2 N–H and O–H groups in total. The Balaban J connectivity index is 2.29. The van der Waals surface area contributed by atoms with Gasteiger partial charge in [0.05, 0.1) is 14.2 Å². The largest absolute Gasteiger partial charge is 0.495 e. The van der Waals surface area contributed by atoms with Crippen LogP contribution in [-0.4, -0.2) is 33.1 Å². The van der Waals surface area contributed by atoms with Gasteiger partial charge in [-0.3, -0.25) is 9.59 Å². The van der Waals surface area contributed by atoms with Crippen molar-refractivity contribution in [3.63, 3.8) is 0 Å². The fourth-order valence-corrected chi connectivity index (χ4v) is 2.64. The van der Waals surface area contributed by atoms with E-state index >= 15 is 0 Å². The predicted octanol–water partition coefficient (Wildman–Crippen LogP) is 3.08. The summed E-state index contributed by atoms with van der Waals surface area (Å²) in [5.74, 6) is 0.406. The van der Waals surface area contributed by atoms with Crippen LogP contribution in [-0.2, 0) is 0 Å². The molecule has 0 spiro atoms. The summed E-state index contributed by atoms with van der Waals surface area (Å²) in [5, 5.41) is 5.29. The molecule has 0 radical (unpaired) electrons. The molecular formula is C17H17BrN2O4. The number of benzene rings is 2. The van der Waals surface area contributed by atoms with Crippen molar-refractivity contribution in [1.82, 2.24) is 5.32 Å². The second-order valence-corrected chi connectivity index (χ2v) is 5.60. The molecule has 0 aliphatic rings. The standard InChI is InChI=1S/C17H17BrN2O4/c1-19-16(21)10-5-4-6-12(7-10)20-17(22)11-8-13(23-2)15(18)14(9-11)24-3/h4-9H,1-3H3,(H,19,21)(H,20,22). The quantitative estimate of drug-likeness (QED) is 0.819. The number of carbonyl (C=O) groups excluding carboxylic acids is 2. The first kappa shape index (κ1) is 17.8. The van der Waals surface area contributed by atoms with Crippen LogP contribution < -0.4 is 20.1 Å². The maximum absolute atomic E-state index is 12.5. The zero-order valence-corrected chi connectivity index (χ0v) is 15.1. The van der Waals surface area contributed by atoms with Crippen LogP contribution in [0.15, 0.2) is 40.9 Å². The molecule has 0 fully saturated rings. The first-order valence-electron chi connectivity index (χ1n) is 7.05. The molecule has 0 heterocycles. The van der Waals surface area contributed by atoms with Gasteiger partial charge in [-0.15, -0.1) is 0 Å². The fraction of sp³-hybridized carbons (Fsp3) is 0.176. The number of anilines is 1. The van der Waals surface area contributed by atoms with Crippen LogP contribution in [0.25, 0.3) is 0 Å². The average Bonchev–Trinajstić information content (AvgIpc) is 2.61. The van der Waals surface area contributed by atoms with E-state index in [4.69, 9.17) is 9.47 Å². The minimum Gasteiger partial charge on any atom is -0.495 e. The van der Waals surface area contributed by atoms with Crippen LogP contribution in [0.3, 0.4) is 0 Å². The van der Waals surface area contributed by atoms with Gasteiger partial charge in [0.25, 0.3) is 11.8 Å². The smallest absolute Gasteiger partial charge is 0.255 e. The van der Waals surface area contributed by atoms with Crippen LogP contribution >= 0.6 is 15.9 Å². The summed E-state index contributed by atoms with van der Waals surface area (Å²) >= 11 is 3.36. The second-order valence-electron chi connectivity index (χ2n) is 4.81. The third-order valence-corrected chi connectivity index (χ3v) is 4.10. The molecule has 0 bridgehead atoms. The van der Waals surface area contributed by atoms with E-state index in [-0.39, 0.29) is 11.8 Å². The monoisotopic (exact) mass is 392 g/mol. The molecule has 126 valence electrons. The molecule has 2 rings (SSSR count). The molecule has 0 aromatic heterocycles. The molecule has 0 saturated heterocycles. The lowest BCUT2D eigenvalue weighted by molar-refractivity contribution is 0.0961. The first-order chi connectivity index (χ1) is 11.5. The van der Waals surface area contributed by atoms with Crippen LogP contribution in [0, 0.1) is 0 Å². The van der Waals surface area contributed by atoms with E-state index in [1.165, 1.54) is 14.2 Å². The van der Waals surface area contributed by atoms with E-state index in [0.29, 0.717) is 32.8 Å². The van der Waals surface area contributed by atoms with Crippen LogP contribution in [0.1, 0.15) is 20.7 Å². The highest BCUT2D eigenvalue weighted by atomic mass is 79.9. The predicted molar refractivity (Wildman–Crippen MR) is 95.0 cm³/mol. The Morgan fingerprint density at radius 2 is 1.58 bits per heavy atom. The van der Waals surface area contributed by atoms with E-state index in [9.17, 15) is 9.59 Å². The Hall–Kier alpha value is -2.54. The fourth-order valence-electron chi connectivity index (χ4n) is 2.09. The van der Waals surface area contributed by atoms with Crippen molar-refractivity contribution >= 4 is 33.4 Å². The Kier molecular flexibility index (Phi) is 5.81. The van der Waals surface area contributed by atoms with E-state index < -0.39 is 0 Å². The zero-order chi connectivity index (χ0) is 17.7. The molecular weight excluding hydrogens is 376 g/mol. The number of hydrogen-bond acceptors (Lipinski definition) is 4. The van der Waals surface area contributed by atoms with E-state index in [0.717, 1.165) is 0 Å². The van der Waals surface area contributed by atoms with Gasteiger partial charge in [0, 0.05) is 23.9 Å². The molecule has 0 aliphatic carbocycles. The van der Waals surface area contributed by atoms with Gasteiger partial charge in [-0.25, -0.2) is 0 Å². The third-order valence-electron chi connectivity index (χ3n) is 3.32. The summed E-state index contributed by atoms with van der Waals surface area (Å²) in [4.78, 5) is 24.1. The number of amides is 2. The highest BCUT2D eigenvalue weighted by molar-refractivity contribution is 9.10. The summed E-state index contributed by atoms with van der Waals surface area (Å²) in [6.07, 6.45) is 0. The van der Waals surface area contributed by atoms with Crippen LogP contribution in [0.2, 0.25) is 0 Å². The number of halogens is 1. The Labute approximate surface area is 148 Å². The highest BCUT2D eigenvalue weighted by Gasteiger charge is 2.15. The maximum atomic E-state index is 12.5.